The van der Waals surface area contributed by atoms with Gasteiger partial charge in [0.2, 0.25) is 0 Å². The maximum absolute atomic E-state index is 6.16. The van der Waals surface area contributed by atoms with Crippen LogP contribution in [0, 0.1) is 24.7 Å². The molecule has 6 atom stereocenters. The Balaban J connectivity index is 1.81. The van der Waals surface area contributed by atoms with E-state index >= 15 is 0 Å². The smallest absolute Gasteiger partial charge is 0.186 e. The molecular formula is C20H22O6. The molecule has 6 nitrogen and oxygen atoms in total. The van der Waals surface area contributed by atoms with Gasteiger partial charge in [-0.3, -0.25) is 0 Å². The summed E-state index contributed by atoms with van der Waals surface area (Å²) in [6.07, 6.45) is 7.64. The molecule has 2 aliphatic rings. The van der Waals surface area contributed by atoms with Crippen molar-refractivity contribution in [2.75, 3.05) is 26.9 Å². The predicted molar refractivity (Wildman–Crippen MR) is 92.8 cm³/mol. The molecule has 0 radical (unpaired) electrons. The van der Waals surface area contributed by atoms with Gasteiger partial charge in [0, 0.05) is 12.7 Å². The first kappa shape index (κ1) is 18.9. The van der Waals surface area contributed by atoms with Gasteiger partial charge in [0.05, 0.1) is 6.61 Å². The number of hydrogen-bond donors (Lipinski definition) is 0. The summed E-state index contributed by atoms with van der Waals surface area (Å²) in [5.74, 6) is 4.92. The average molecular weight is 358 g/mol. The molecule has 0 amide bonds. The Morgan fingerprint density at radius 1 is 1.04 bits per heavy atom. The van der Waals surface area contributed by atoms with Crippen LogP contribution in [0.25, 0.3) is 0 Å². The molecule has 6 heteroatoms. The Hall–Kier alpha value is -1.90. The third-order valence-electron chi connectivity index (χ3n) is 4.31. The molecule has 1 unspecified atom stereocenters. The number of benzene rings is 1. The van der Waals surface area contributed by atoms with Gasteiger partial charge in [-0.15, -0.1) is 12.8 Å². The van der Waals surface area contributed by atoms with Gasteiger partial charge in [-0.25, -0.2) is 0 Å². The summed E-state index contributed by atoms with van der Waals surface area (Å²) < 4.78 is 34.9. The topological polar surface area (TPSA) is 55.4 Å². The number of fused-ring (bicyclic) bond motifs is 1. The second-order valence-electron chi connectivity index (χ2n) is 5.91. The fourth-order valence-electron chi connectivity index (χ4n) is 3.17. The number of rotatable bonds is 6. The van der Waals surface area contributed by atoms with Crippen LogP contribution >= 0.6 is 0 Å². The minimum Gasteiger partial charge on any atom is -0.360 e. The lowest BCUT2D eigenvalue weighted by Crippen LogP contribution is -2.63. The quantitative estimate of drug-likeness (QED) is 0.719. The van der Waals surface area contributed by atoms with E-state index in [2.05, 4.69) is 11.8 Å². The molecule has 2 aliphatic heterocycles. The van der Waals surface area contributed by atoms with Crippen LogP contribution in [0.5, 0.6) is 0 Å². The lowest BCUT2D eigenvalue weighted by atomic mass is 9.97. The van der Waals surface area contributed by atoms with Crippen LogP contribution in [0.3, 0.4) is 0 Å². The molecule has 1 aromatic carbocycles. The van der Waals surface area contributed by atoms with Gasteiger partial charge in [0.15, 0.2) is 12.6 Å². The average Bonchev–Trinajstić information content (AvgIpc) is 2.70. The maximum Gasteiger partial charge on any atom is 0.186 e. The number of hydrogen-bond acceptors (Lipinski definition) is 6. The van der Waals surface area contributed by atoms with Crippen LogP contribution in [0.1, 0.15) is 11.9 Å². The van der Waals surface area contributed by atoms with E-state index in [1.165, 1.54) is 7.11 Å². The van der Waals surface area contributed by atoms with Crippen molar-refractivity contribution < 1.29 is 28.4 Å². The molecular weight excluding hydrogens is 336 g/mol. The normalized spacial score (nSPS) is 33.7. The SMILES string of the molecule is C#CCO[C@@H]1[C@@H](OCC#C)[C@@H](OC)O[C@@H]2COC(c3ccccc3)O[C@@H]12. The van der Waals surface area contributed by atoms with Crippen LogP contribution in [0.15, 0.2) is 30.3 Å². The molecule has 0 saturated carbocycles. The maximum atomic E-state index is 6.16. The van der Waals surface area contributed by atoms with E-state index in [9.17, 15) is 0 Å². The molecule has 0 bridgehead atoms. The summed E-state index contributed by atoms with van der Waals surface area (Å²) in [5.41, 5.74) is 0.914. The summed E-state index contributed by atoms with van der Waals surface area (Å²) in [4.78, 5) is 0. The van der Waals surface area contributed by atoms with Crippen molar-refractivity contribution in [2.45, 2.75) is 37.0 Å². The van der Waals surface area contributed by atoms with Crippen LogP contribution in [0.2, 0.25) is 0 Å². The Morgan fingerprint density at radius 3 is 2.38 bits per heavy atom. The van der Waals surface area contributed by atoms with Gasteiger partial charge < -0.3 is 28.4 Å². The first-order chi connectivity index (χ1) is 12.8. The standard InChI is InChI=1S/C20H22O6/c1-4-11-22-17-16-15(25-20(21-3)18(17)23-12-5-2)13-24-19(26-16)14-9-7-6-8-10-14/h1-2,6-10,15-20H,11-13H2,3H3/t15-,16-,17+,18-,19?,20+/m1/s1. The third kappa shape index (κ3) is 4.08. The molecule has 0 aliphatic carbocycles. The zero-order valence-electron chi connectivity index (χ0n) is 14.6. The van der Waals surface area contributed by atoms with Crippen molar-refractivity contribution in [1.82, 2.24) is 0 Å². The van der Waals surface area contributed by atoms with Crippen LogP contribution in [0.4, 0.5) is 0 Å². The highest BCUT2D eigenvalue weighted by atomic mass is 16.8. The highest BCUT2D eigenvalue weighted by Crippen LogP contribution is 2.36. The van der Waals surface area contributed by atoms with Crippen LogP contribution in [-0.4, -0.2) is 57.6 Å². The van der Waals surface area contributed by atoms with Crippen molar-refractivity contribution >= 4 is 0 Å². The number of terminal acetylenes is 2. The van der Waals surface area contributed by atoms with E-state index in [0.717, 1.165) is 5.56 Å². The van der Waals surface area contributed by atoms with Crippen molar-refractivity contribution in [2.24, 2.45) is 0 Å². The van der Waals surface area contributed by atoms with Gasteiger partial charge in [-0.1, -0.05) is 42.2 Å². The highest BCUT2D eigenvalue weighted by Gasteiger charge is 2.51. The van der Waals surface area contributed by atoms with Gasteiger partial charge in [0.25, 0.3) is 0 Å². The lowest BCUT2D eigenvalue weighted by molar-refractivity contribution is -0.365. The molecule has 0 aromatic heterocycles. The minimum atomic E-state index is -0.659. The van der Waals surface area contributed by atoms with E-state index in [-0.39, 0.29) is 19.3 Å². The minimum absolute atomic E-state index is 0.0970. The van der Waals surface area contributed by atoms with E-state index in [4.69, 9.17) is 41.3 Å². The molecule has 3 rings (SSSR count). The van der Waals surface area contributed by atoms with Crippen LogP contribution in [-0.2, 0) is 28.4 Å². The molecule has 0 N–H and O–H groups in total. The van der Waals surface area contributed by atoms with E-state index in [1.807, 2.05) is 30.3 Å². The van der Waals surface area contributed by atoms with Crippen molar-refractivity contribution in [1.29, 1.82) is 0 Å². The van der Waals surface area contributed by atoms with Crippen molar-refractivity contribution in [3.05, 3.63) is 35.9 Å². The van der Waals surface area contributed by atoms with Crippen LogP contribution < -0.4 is 0 Å². The molecule has 26 heavy (non-hydrogen) atoms. The monoisotopic (exact) mass is 358 g/mol. The van der Waals surface area contributed by atoms with E-state index in [0.29, 0.717) is 6.61 Å². The Morgan fingerprint density at radius 2 is 1.73 bits per heavy atom. The second kappa shape index (κ2) is 9.16. The largest absolute Gasteiger partial charge is 0.360 e. The summed E-state index contributed by atoms with van der Waals surface area (Å²) in [6, 6.07) is 9.67. The molecule has 2 fully saturated rings. The Bertz CT molecular complexity index is 649. The second-order valence-corrected chi connectivity index (χ2v) is 5.91. The van der Waals surface area contributed by atoms with E-state index in [1.54, 1.807) is 0 Å². The summed E-state index contributed by atoms with van der Waals surface area (Å²) in [5, 5.41) is 0. The van der Waals surface area contributed by atoms with Crippen molar-refractivity contribution in [3.63, 3.8) is 0 Å². The summed E-state index contributed by atoms with van der Waals surface area (Å²) in [7, 11) is 1.53. The van der Waals surface area contributed by atoms with Crippen molar-refractivity contribution in [3.8, 4) is 24.7 Å². The van der Waals surface area contributed by atoms with Gasteiger partial charge in [-0.2, -0.15) is 0 Å². The fourth-order valence-corrected chi connectivity index (χ4v) is 3.17. The number of ether oxygens (including phenoxy) is 6. The molecule has 2 saturated heterocycles. The first-order valence-electron chi connectivity index (χ1n) is 8.39. The molecule has 2 heterocycles. The van der Waals surface area contributed by atoms with Gasteiger partial charge in [-0.05, 0) is 0 Å². The summed E-state index contributed by atoms with van der Waals surface area (Å²) in [6.45, 7) is 0.544. The molecule has 0 spiro atoms. The van der Waals surface area contributed by atoms with Gasteiger partial charge >= 0.3 is 0 Å². The lowest BCUT2D eigenvalue weighted by Gasteiger charge is -2.48. The molecule has 138 valence electrons. The summed E-state index contributed by atoms with van der Waals surface area (Å²) >= 11 is 0. The third-order valence-corrected chi connectivity index (χ3v) is 4.31. The number of methoxy groups -OCH3 is 1. The van der Waals surface area contributed by atoms with Gasteiger partial charge in [0.1, 0.15) is 37.6 Å². The van der Waals surface area contributed by atoms with E-state index < -0.39 is 30.9 Å². The predicted octanol–water partition coefficient (Wildman–Crippen LogP) is 1.51. The highest BCUT2D eigenvalue weighted by molar-refractivity contribution is 5.16. The zero-order chi connectivity index (χ0) is 18.4. The zero-order valence-corrected chi connectivity index (χ0v) is 14.6. The Kier molecular flexibility index (Phi) is 6.65. The Labute approximate surface area is 153 Å². The first-order valence-corrected chi connectivity index (χ1v) is 8.39. The fraction of sp³-hybridized carbons (Fsp3) is 0.500. The molecule has 1 aromatic rings.